The summed E-state index contributed by atoms with van der Waals surface area (Å²) in [5.41, 5.74) is -0.266. The zero-order valence-corrected chi connectivity index (χ0v) is 13.0. The Morgan fingerprint density at radius 2 is 2.09 bits per heavy atom. The van der Waals surface area contributed by atoms with Gasteiger partial charge in [0.2, 0.25) is 10.0 Å². The van der Waals surface area contributed by atoms with Crippen molar-refractivity contribution in [3.05, 3.63) is 12.4 Å². The third kappa shape index (κ3) is 2.97. The molecule has 0 aromatic carbocycles. The second-order valence-corrected chi connectivity index (χ2v) is 8.09. The van der Waals surface area contributed by atoms with Crippen molar-refractivity contribution in [2.24, 2.45) is 11.3 Å². The molecule has 1 aromatic rings. The van der Waals surface area contributed by atoms with Crippen molar-refractivity contribution in [1.82, 2.24) is 14.1 Å². The number of carbonyl (C=O) groups is 1. The van der Waals surface area contributed by atoms with E-state index in [0.29, 0.717) is 19.3 Å². The molecule has 2 aliphatic rings. The van der Waals surface area contributed by atoms with Crippen LogP contribution in [0.5, 0.6) is 0 Å². The molecule has 1 aromatic heterocycles. The minimum atomic E-state index is -3.78. The van der Waals surface area contributed by atoms with Crippen LogP contribution in [-0.2, 0) is 21.4 Å². The van der Waals surface area contributed by atoms with Crippen LogP contribution in [0.2, 0.25) is 0 Å². The number of hydrogen-bond donors (Lipinski definition) is 1. The summed E-state index contributed by atoms with van der Waals surface area (Å²) >= 11 is 0. The van der Waals surface area contributed by atoms with Crippen LogP contribution in [0, 0.1) is 11.3 Å². The lowest BCUT2D eigenvalue weighted by molar-refractivity contribution is -0.139. The Morgan fingerprint density at radius 1 is 1.43 bits per heavy atom. The van der Waals surface area contributed by atoms with E-state index in [1.807, 2.05) is 0 Å². The van der Waals surface area contributed by atoms with Crippen molar-refractivity contribution in [2.75, 3.05) is 13.1 Å². The lowest BCUT2D eigenvalue weighted by atomic mass is 9.92. The number of sulfonamides is 1. The molecule has 23 heavy (non-hydrogen) atoms. The topological polar surface area (TPSA) is 92.5 Å². The van der Waals surface area contributed by atoms with Gasteiger partial charge in [0.1, 0.15) is 11.4 Å². The van der Waals surface area contributed by atoms with E-state index in [-0.39, 0.29) is 29.3 Å². The molecule has 7 nitrogen and oxygen atoms in total. The van der Waals surface area contributed by atoms with E-state index in [1.54, 1.807) is 0 Å². The fourth-order valence-corrected chi connectivity index (χ4v) is 4.69. The van der Waals surface area contributed by atoms with Gasteiger partial charge in [0.05, 0.1) is 12.1 Å². The second kappa shape index (κ2) is 5.52. The van der Waals surface area contributed by atoms with E-state index in [0.717, 1.165) is 17.1 Å². The molecule has 1 saturated carbocycles. The molecule has 1 unspecified atom stereocenters. The van der Waals surface area contributed by atoms with Crippen molar-refractivity contribution in [3.63, 3.8) is 0 Å². The molecule has 1 saturated heterocycles. The molecule has 1 atom stereocenters. The molecule has 10 heteroatoms. The van der Waals surface area contributed by atoms with Gasteiger partial charge < -0.3 is 5.11 Å². The number of carboxylic acid groups (broad SMARTS) is 1. The third-order valence-electron chi connectivity index (χ3n) is 4.78. The number of aliphatic carboxylic acids is 1. The van der Waals surface area contributed by atoms with E-state index >= 15 is 0 Å². The standard InChI is InChI=1S/C13H17F2N3O4S/c14-11(15)8-17-7-9(6-16-17)23(21,22)18-3-1-13(2-4-18)5-10(13)12(19)20/h6-7,10-11H,1-5,8H2,(H,19,20). The van der Waals surface area contributed by atoms with E-state index in [1.165, 1.54) is 4.31 Å². The third-order valence-corrected chi connectivity index (χ3v) is 6.63. The highest BCUT2D eigenvalue weighted by molar-refractivity contribution is 7.89. The Bertz CT molecular complexity index is 711. The molecular formula is C13H17F2N3O4S. The van der Waals surface area contributed by atoms with Gasteiger partial charge in [-0.05, 0) is 24.7 Å². The molecular weight excluding hydrogens is 332 g/mol. The largest absolute Gasteiger partial charge is 0.481 e. The van der Waals surface area contributed by atoms with Crippen molar-refractivity contribution in [2.45, 2.75) is 37.1 Å². The molecule has 128 valence electrons. The van der Waals surface area contributed by atoms with Crippen molar-refractivity contribution in [3.8, 4) is 0 Å². The Kier molecular flexibility index (Phi) is 3.91. The Morgan fingerprint density at radius 3 is 2.61 bits per heavy atom. The number of rotatable bonds is 5. The quantitative estimate of drug-likeness (QED) is 0.857. The van der Waals surface area contributed by atoms with E-state index in [4.69, 9.17) is 5.11 Å². The number of piperidine rings is 1. The molecule has 1 spiro atoms. The highest BCUT2D eigenvalue weighted by Crippen LogP contribution is 2.59. The van der Waals surface area contributed by atoms with Crippen molar-refractivity contribution < 1.29 is 27.1 Å². The highest BCUT2D eigenvalue weighted by atomic mass is 32.2. The van der Waals surface area contributed by atoms with Crippen LogP contribution >= 0.6 is 0 Å². The van der Waals surface area contributed by atoms with Gasteiger partial charge in [-0.2, -0.15) is 9.40 Å². The zero-order valence-electron chi connectivity index (χ0n) is 12.2. The normalized spacial score (nSPS) is 24.2. The lowest BCUT2D eigenvalue weighted by Gasteiger charge is -2.31. The number of carboxylic acids is 1. The predicted molar refractivity (Wildman–Crippen MR) is 74.4 cm³/mol. The number of alkyl halides is 2. The van der Waals surface area contributed by atoms with Gasteiger partial charge in [-0.25, -0.2) is 17.2 Å². The number of aromatic nitrogens is 2. The smallest absolute Gasteiger partial charge is 0.307 e. The average Bonchev–Trinajstić information content (AvgIpc) is 2.95. The highest BCUT2D eigenvalue weighted by Gasteiger charge is 2.59. The SMILES string of the molecule is O=C(O)C1CC12CCN(S(=O)(=O)c1cnn(CC(F)F)c1)CC2. The van der Waals surface area contributed by atoms with Crippen molar-refractivity contribution >= 4 is 16.0 Å². The maximum atomic E-state index is 12.5. The first-order chi connectivity index (χ1) is 10.7. The Balaban J connectivity index is 1.67. The maximum absolute atomic E-state index is 12.5. The summed E-state index contributed by atoms with van der Waals surface area (Å²) in [4.78, 5) is 10.9. The Hall–Kier alpha value is -1.55. The van der Waals surface area contributed by atoms with Gasteiger partial charge in [0, 0.05) is 19.3 Å². The van der Waals surface area contributed by atoms with E-state index in [2.05, 4.69) is 5.10 Å². The van der Waals surface area contributed by atoms with Gasteiger partial charge in [-0.1, -0.05) is 0 Å². The van der Waals surface area contributed by atoms with Crippen LogP contribution in [0.1, 0.15) is 19.3 Å². The predicted octanol–water partition coefficient (Wildman–Crippen LogP) is 1.02. The second-order valence-electron chi connectivity index (χ2n) is 6.15. The molecule has 0 amide bonds. The van der Waals surface area contributed by atoms with Gasteiger partial charge in [-0.3, -0.25) is 9.48 Å². The maximum Gasteiger partial charge on any atom is 0.307 e. The van der Waals surface area contributed by atoms with Crippen LogP contribution in [0.4, 0.5) is 8.78 Å². The minimum Gasteiger partial charge on any atom is -0.481 e. The van der Waals surface area contributed by atoms with Gasteiger partial charge in [0.25, 0.3) is 6.43 Å². The first kappa shape index (κ1) is 16.3. The van der Waals surface area contributed by atoms with Crippen LogP contribution < -0.4 is 0 Å². The monoisotopic (exact) mass is 349 g/mol. The van der Waals surface area contributed by atoms with Gasteiger partial charge >= 0.3 is 5.97 Å². The van der Waals surface area contributed by atoms with Crippen LogP contribution in [0.3, 0.4) is 0 Å². The molecule has 1 N–H and O–H groups in total. The van der Waals surface area contributed by atoms with Crippen LogP contribution in [0.25, 0.3) is 0 Å². The molecule has 2 heterocycles. The fraction of sp³-hybridized carbons (Fsp3) is 0.692. The zero-order chi connectivity index (χ0) is 16.8. The summed E-state index contributed by atoms with van der Waals surface area (Å²) in [6, 6.07) is 0. The number of nitrogens with zero attached hydrogens (tertiary/aromatic N) is 3. The first-order valence-corrected chi connectivity index (χ1v) is 8.72. The van der Waals surface area contributed by atoms with E-state index in [9.17, 15) is 22.0 Å². The van der Waals surface area contributed by atoms with Crippen molar-refractivity contribution in [1.29, 1.82) is 0 Å². The number of hydrogen-bond acceptors (Lipinski definition) is 4. The Labute approximate surface area is 131 Å². The summed E-state index contributed by atoms with van der Waals surface area (Å²) in [6.07, 6.45) is 1.18. The first-order valence-electron chi connectivity index (χ1n) is 7.28. The molecule has 0 radical (unpaired) electrons. The van der Waals surface area contributed by atoms with Crippen LogP contribution in [0.15, 0.2) is 17.3 Å². The van der Waals surface area contributed by atoms with Crippen LogP contribution in [-0.4, -0.2) is 53.1 Å². The molecule has 3 rings (SSSR count). The summed E-state index contributed by atoms with van der Waals surface area (Å²) in [7, 11) is -3.78. The lowest BCUT2D eigenvalue weighted by Crippen LogP contribution is -2.39. The summed E-state index contributed by atoms with van der Waals surface area (Å²) in [6.45, 7) is -0.169. The summed E-state index contributed by atoms with van der Waals surface area (Å²) < 4.78 is 51.8. The average molecular weight is 349 g/mol. The minimum absolute atomic E-state index is 0.111. The molecule has 2 fully saturated rings. The fourth-order valence-electron chi connectivity index (χ4n) is 3.29. The summed E-state index contributed by atoms with van der Waals surface area (Å²) in [5, 5.41) is 12.7. The van der Waals surface area contributed by atoms with Gasteiger partial charge in [0.15, 0.2) is 0 Å². The van der Waals surface area contributed by atoms with Gasteiger partial charge in [-0.15, -0.1) is 0 Å². The molecule has 0 bridgehead atoms. The molecule has 1 aliphatic carbocycles. The van der Waals surface area contributed by atoms with E-state index < -0.39 is 29.0 Å². The summed E-state index contributed by atoms with van der Waals surface area (Å²) in [5.74, 6) is -1.20. The molecule has 1 aliphatic heterocycles. The number of halogens is 2.